The van der Waals surface area contributed by atoms with Crippen molar-refractivity contribution >= 4 is 28.1 Å². The Hall–Kier alpha value is -1.29. The molecule has 0 aromatic heterocycles. The highest BCUT2D eigenvalue weighted by Crippen LogP contribution is 2.30. The minimum atomic E-state index is -3.96. The Bertz CT molecular complexity index is 699. The van der Waals surface area contributed by atoms with E-state index in [4.69, 9.17) is 0 Å². The minimum Gasteiger partial charge on any atom is -0.318 e. The number of nitro groups is 1. The van der Waals surface area contributed by atoms with E-state index >= 15 is 0 Å². The molecule has 1 saturated heterocycles. The third kappa shape index (κ3) is 3.79. The molecule has 1 atom stereocenters. The third-order valence-corrected chi connectivity index (χ3v) is 5.79. The van der Waals surface area contributed by atoms with Crippen LogP contribution in [-0.4, -0.2) is 43.8 Å². The summed E-state index contributed by atoms with van der Waals surface area (Å²) in [6, 6.07) is 1.56. The van der Waals surface area contributed by atoms with Crippen LogP contribution >= 0.6 is 12.4 Å². The van der Waals surface area contributed by atoms with Gasteiger partial charge in [0.2, 0.25) is 10.0 Å². The molecule has 0 bridgehead atoms. The summed E-state index contributed by atoms with van der Waals surface area (Å²) in [6.45, 7) is 2.07. The zero-order valence-corrected chi connectivity index (χ0v) is 14.4. The summed E-state index contributed by atoms with van der Waals surface area (Å²) in [5, 5.41) is 13.9. The lowest BCUT2D eigenvalue weighted by atomic mass is 10.2. The molecule has 2 rings (SSSR count). The van der Waals surface area contributed by atoms with Gasteiger partial charge in [0.05, 0.1) is 15.4 Å². The van der Waals surface area contributed by atoms with Crippen molar-refractivity contribution in [2.24, 2.45) is 0 Å². The van der Waals surface area contributed by atoms with Crippen molar-refractivity contribution in [3.05, 3.63) is 33.6 Å². The van der Waals surface area contributed by atoms with E-state index in [1.807, 2.05) is 0 Å². The van der Waals surface area contributed by atoms with Crippen LogP contribution in [0.4, 0.5) is 10.1 Å². The molecule has 0 aliphatic carbocycles. The summed E-state index contributed by atoms with van der Waals surface area (Å²) in [6.07, 6.45) is 1.42. The number of benzene rings is 1. The maximum absolute atomic E-state index is 13.9. The van der Waals surface area contributed by atoms with Crippen molar-refractivity contribution in [3.63, 3.8) is 0 Å². The Morgan fingerprint density at radius 1 is 1.48 bits per heavy atom. The molecular weight excluding hydrogens is 349 g/mol. The maximum atomic E-state index is 13.9. The number of nitrogens with one attached hydrogen (secondary N) is 1. The summed E-state index contributed by atoms with van der Waals surface area (Å²) in [4.78, 5) is 9.82. The first-order chi connectivity index (χ1) is 10.3. The molecule has 1 aromatic rings. The van der Waals surface area contributed by atoms with Gasteiger partial charge in [0.1, 0.15) is 5.82 Å². The second kappa shape index (κ2) is 7.52. The van der Waals surface area contributed by atoms with Gasteiger partial charge in [-0.2, -0.15) is 4.31 Å². The molecule has 1 aromatic carbocycles. The second-order valence-corrected chi connectivity index (χ2v) is 7.17. The highest BCUT2D eigenvalue weighted by molar-refractivity contribution is 7.89. The van der Waals surface area contributed by atoms with Crippen LogP contribution in [-0.2, 0) is 10.0 Å². The molecule has 1 fully saturated rings. The van der Waals surface area contributed by atoms with E-state index in [0.717, 1.165) is 12.1 Å². The molecule has 23 heavy (non-hydrogen) atoms. The SMILES string of the molecule is CNCC1CCCN1S(=O)(=O)c1cc(F)c(C)c([N+](=O)[O-])c1.Cl. The summed E-state index contributed by atoms with van der Waals surface area (Å²) in [5.41, 5.74) is -0.694. The van der Waals surface area contributed by atoms with E-state index < -0.39 is 26.5 Å². The number of nitro benzene ring substituents is 1. The van der Waals surface area contributed by atoms with Gasteiger partial charge in [-0.05, 0) is 32.9 Å². The van der Waals surface area contributed by atoms with Crippen LogP contribution in [0.2, 0.25) is 0 Å². The first-order valence-electron chi connectivity index (χ1n) is 6.90. The van der Waals surface area contributed by atoms with Gasteiger partial charge in [-0.3, -0.25) is 10.1 Å². The van der Waals surface area contributed by atoms with Gasteiger partial charge in [-0.25, -0.2) is 12.8 Å². The summed E-state index contributed by atoms with van der Waals surface area (Å²) in [5.74, 6) is -0.892. The minimum absolute atomic E-state index is 0. The number of rotatable bonds is 5. The lowest BCUT2D eigenvalue weighted by Crippen LogP contribution is -2.40. The normalized spacial score (nSPS) is 18.7. The van der Waals surface area contributed by atoms with Gasteiger partial charge in [0.15, 0.2) is 0 Å². The van der Waals surface area contributed by atoms with E-state index in [0.29, 0.717) is 25.9 Å². The molecule has 7 nitrogen and oxygen atoms in total. The quantitative estimate of drug-likeness (QED) is 0.633. The molecule has 0 amide bonds. The van der Waals surface area contributed by atoms with Crippen molar-refractivity contribution in [1.82, 2.24) is 9.62 Å². The van der Waals surface area contributed by atoms with Crippen LogP contribution < -0.4 is 5.32 Å². The van der Waals surface area contributed by atoms with Crippen molar-refractivity contribution in [3.8, 4) is 0 Å². The number of hydrogen-bond acceptors (Lipinski definition) is 5. The number of sulfonamides is 1. The van der Waals surface area contributed by atoms with Crippen molar-refractivity contribution in [2.45, 2.75) is 30.7 Å². The third-order valence-electron chi connectivity index (χ3n) is 3.86. The molecule has 1 heterocycles. The fourth-order valence-corrected chi connectivity index (χ4v) is 4.41. The average molecular weight is 368 g/mol. The van der Waals surface area contributed by atoms with Gasteiger partial charge in [0, 0.05) is 25.2 Å². The lowest BCUT2D eigenvalue weighted by molar-refractivity contribution is -0.385. The highest BCUT2D eigenvalue weighted by Gasteiger charge is 2.36. The predicted molar refractivity (Wildman–Crippen MR) is 85.9 cm³/mol. The topological polar surface area (TPSA) is 92.6 Å². The van der Waals surface area contributed by atoms with Gasteiger partial charge >= 0.3 is 0 Å². The molecule has 0 saturated carbocycles. The molecule has 1 aliphatic heterocycles. The Kier molecular flexibility index (Phi) is 6.46. The second-order valence-electron chi connectivity index (χ2n) is 5.28. The fourth-order valence-electron chi connectivity index (χ4n) is 2.68. The molecule has 0 spiro atoms. The lowest BCUT2D eigenvalue weighted by Gasteiger charge is -2.24. The molecule has 1 unspecified atom stereocenters. The number of likely N-dealkylation sites (N-methyl/N-ethyl adjacent to an activating group) is 1. The summed E-state index contributed by atoms with van der Waals surface area (Å²) < 4.78 is 40.5. The summed E-state index contributed by atoms with van der Waals surface area (Å²) in [7, 11) is -2.23. The maximum Gasteiger partial charge on any atom is 0.276 e. The smallest absolute Gasteiger partial charge is 0.276 e. The molecule has 0 radical (unpaired) electrons. The predicted octanol–water partition coefficient (Wildman–Crippen LogP) is 1.84. The first kappa shape index (κ1) is 19.8. The zero-order chi connectivity index (χ0) is 16.5. The van der Waals surface area contributed by atoms with Crippen LogP contribution in [0, 0.1) is 22.9 Å². The van der Waals surface area contributed by atoms with Gasteiger partial charge in [-0.1, -0.05) is 0 Å². The number of halogens is 2. The number of nitrogens with zero attached hydrogens (tertiary/aromatic N) is 2. The van der Waals surface area contributed by atoms with Gasteiger partial charge < -0.3 is 5.32 Å². The first-order valence-corrected chi connectivity index (χ1v) is 8.34. The fraction of sp³-hybridized carbons (Fsp3) is 0.538. The van der Waals surface area contributed by atoms with E-state index in [-0.39, 0.29) is 28.9 Å². The van der Waals surface area contributed by atoms with E-state index in [1.165, 1.54) is 11.2 Å². The molecule has 1 N–H and O–H groups in total. The average Bonchev–Trinajstić information content (AvgIpc) is 2.90. The van der Waals surface area contributed by atoms with E-state index in [9.17, 15) is 22.9 Å². The largest absolute Gasteiger partial charge is 0.318 e. The van der Waals surface area contributed by atoms with Crippen molar-refractivity contribution in [2.75, 3.05) is 20.1 Å². The monoisotopic (exact) mass is 367 g/mol. The van der Waals surface area contributed by atoms with E-state index in [2.05, 4.69) is 5.32 Å². The standard InChI is InChI=1S/C13H18FN3O4S.ClH/c1-9-12(14)6-11(7-13(9)17(18)19)22(20,21)16-5-3-4-10(16)8-15-2;/h6-7,10,15H,3-5,8H2,1-2H3;1H. The zero-order valence-electron chi connectivity index (χ0n) is 12.8. The van der Waals surface area contributed by atoms with Crippen LogP contribution in [0.3, 0.4) is 0 Å². The van der Waals surface area contributed by atoms with E-state index in [1.54, 1.807) is 7.05 Å². The van der Waals surface area contributed by atoms with Crippen LogP contribution in [0.15, 0.2) is 17.0 Å². The Balaban J connectivity index is 0.00000264. The Morgan fingerprint density at radius 3 is 2.70 bits per heavy atom. The van der Waals surface area contributed by atoms with Crippen LogP contribution in [0.5, 0.6) is 0 Å². The van der Waals surface area contributed by atoms with Crippen molar-refractivity contribution in [1.29, 1.82) is 0 Å². The molecular formula is C13H19ClFN3O4S. The molecule has 10 heteroatoms. The van der Waals surface area contributed by atoms with Crippen LogP contribution in [0.25, 0.3) is 0 Å². The Morgan fingerprint density at radius 2 is 2.13 bits per heavy atom. The highest BCUT2D eigenvalue weighted by atomic mass is 35.5. The van der Waals surface area contributed by atoms with Gasteiger partial charge in [0.25, 0.3) is 5.69 Å². The Labute approximate surface area is 140 Å². The van der Waals surface area contributed by atoms with Gasteiger partial charge in [-0.15, -0.1) is 12.4 Å². The summed E-state index contributed by atoms with van der Waals surface area (Å²) >= 11 is 0. The molecule has 1 aliphatic rings. The number of hydrogen-bond donors (Lipinski definition) is 1. The molecule has 130 valence electrons. The van der Waals surface area contributed by atoms with Crippen molar-refractivity contribution < 1.29 is 17.7 Å². The van der Waals surface area contributed by atoms with Crippen LogP contribution in [0.1, 0.15) is 18.4 Å².